The molecule has 4 rings (SSSR count). The fourth-order valence-corrected chi connectivity index (χ4v) is 4.24. The van der Waals surface area contributed by atoms with E-state index in [1.807, 2.05) is 42.5 Å². The van der Waals surface area contributed by atoms with Crippen LogP contribution in [-0.2, 0) is 16.0 Å². The maximum absolute atomic E-state index is 12.3. The van der Waals surface area contributed by atoms with E-state index in [1.54, 1.807) is 12.1 Å². The van der Waals surface area contributed by atoms with Crippen molar-refractivity contribution >= 4 is 29.5 Å². The molecule has 0 aromatic heterocycles. The van der Waals surface area contributed by atoms with Crippen molar-refractivity contribution in [3.63, 3.8) is 0 Å². The van der Waals surface area contributed by atoms with E-state index >= 15 is 0 Å². The molecule has 0 N–H and O–H groups in total. The highest BCUT2D eigenvalue weighted by molar-refractivity contribution is 6.32. The quantitative estimate of drug-likeness (QED) is 0.169. The summed E-state index contributed by atoms with van der Waals surface area (Å²) >= 11 is 6.19. The molecule has 4 heteroatoms. The molecule has 0 spiro atoms. The summed E-state index contributed by atoms with van der Waals surface area (Å²) in [7, 11) is 0. The van der Waals surface area contributed by atoms with E-state index in [1.165, 1.54) is 49.7 Å². The Bertz CT molecular complexity index is 1180. The van der Waals surface area contributed by atoms with E-state index in [4.69, 9.17) is 16.3 Å². The number of carbonyl (C=O) groups excluding carboxylic acids is 1. The van der Waals surface area contributed by atoms with E-state index < -0.39 is 5.97 Å². The lowest BCUT2D eigenvalue weighted by Crippen LogP contribution is -2.05. The van der Waals surface area contributed by atoms with Crippen molar-refractivity contribution in [2.45, 2.75) is 51.9 Å². The normalized spacial score (nSPS) is 14.4. The van der Waals surface area contributed by atoms with E-state index in [-0.39, 0.29) is 5.70 Å². The molecule has 0 radical (unpaired) electrons. The summed E-state index contributed by atoms with van der Waals surface area (Å²) < 4.78 is 5.40. The predicted molar refractivity (Wildman–Crippen MR) is 141 cm³/mol. The number of cyclic esters (lactones) is 1. The van der Waals surface area contributed by atoms with Crippen molar-refractivity contribution < 1.29 is 9.53 Å². The molecule has 1 heterocycles. The van der Waals surface area contributed by atoms with E-state index in [2.05, 4.69) is 36.2 Å². The van der Waals surface area contributed by atoms with Crippen LogP contribution in [0.2, 0.25) is 5.02 Å². The minimum atomic E-state index is -0.472. The number of ether oxygens (including phenoxy) is 1. The van der Waals surface area contributed by atoms with Gasteiger partial charge < -0.3 is 4.74 Å². The summed E-state index contributed by atoms with van der Waals surface area (Å²) in [6.07, 6.45) is 10.7. The molecular formula is C30H30ClNO2. The number of unbranched alkanes of at least 4 members (excludes halogenated alkanes) is 5. The Morgan fingerprint density at radius 1 is 0.794 bits per heavy atom. The second kappa shape index (κ2) is 11.8. The van der Waals surface area contributed by atoms with Gasteiger partial charge in [-0.2, -0.15) is 0 Å². The number of aryl methyl sites for hydroxylation is 1. The van der Waals surface area contributed by atoms with Crippen molar-refractivity contribution in [3.8, 4) is 11.1 Å². The minimum Gasteiger partial charge on any atom is -0.402 e. The molecule has 0 saturated carbocycles. The molecule has 0 aliphatic carbocycles. The molecule has 0 saturated heterocycles. The number of hydrogen-bond acceptors (Lipinski definition) is 3. The molecule has 0 atom stereocenters. The highest BCUT2D eigenvalue weighted by Gasteiger charge is 2.24. The van der Waals surface area contributed by atoms with Crippen LogP contribution in [0.15, 0.2) is 83.5 Å². The van der Waals surface area contributed by atoms with E-state index in [9.17, 15) is 4.79 Å². The zero-order valence-electron chi connectivity index (χ0n) is 19.6. The Balaban J connectivity index is 1.38. The maximum atomic E-state index is 12.3. The smallest absolute Gasteiger partial charge is 0.363 e. The van der Waals surface area contributed by atoms with Gasteiger partial charge in [0.1, 0.15) is 0 Å². The number of hydrogen-bond donors (Lipinski definition) is 0. The lowest BCUT2D eigenvalue weighted by Gasteiger charge is -2.06. The van der Waals surface area contributed by atoms with Crippen molar-refractivity contribution in [1.29, 1.82) is 0 Å². The second-order valence-electron chi connectivity index (χ2n) is 8.65. The Labute approximate surface area is 207 Å². The number of halogens is 1. The first-order valence-corrected chi connectivity index (χ1v) is 12.5. The Morgan fingerprint density at radius 2 is 1.41 bits per heavy atom. The molecular weight excluding hydrogens is 442 g/mol. The molecule has 0 amide bonds. The fraction of sp³-hybridized carbons (Fsp3) is 0.267. The molecule has 3 aromatic rings. The highest BCUT2D eigenvalue weighted by atomic mass is 35.5. The predicted octanol–water partition coefficient (Wildman–Crippen LogP) is 8.25. The highest BCUT2D eigenvalue weighted by Crippen LogP contribution is 2.25. The summed E-state index contributed by atoms with van der Waals surface area (Å²) in [6, 6.07) is 24.1. The largest absolute Gasteiger partial charge is 0.402 e. The van der Waals surface area contributed by atoms with Crippen molar-refractivity contribution in [2.24, 2.45) is 4.99 Å². The van der Waals surface area contributed by atoms with E-state index in [0.29, 0.717) is 10.9 Å². The summed E-state index contributed by atoms with van der Waals surface area (Å²) in [4.78, 5) is 16.7. The second-order valence-corrected chi connectivity index (χ2v) is 9.06. The Morgan fingerprint density at radius 3 is 2.12 bits per heavy atom. The first-order chi connectivity index (χ1) is 16.6. The molecule has 3 nitrogen and oxygen atoms in total. The summed E-state index contributed by atoms with van der Waals surface area (Å²) in [6.45, 7) is 2.25. The molecule has 0 unspecified atom stereocenters. The average molecular weight is 472 g/mol. The maximum Gasteiger partial charge on any atom is 0.363 e. The monoisotopic (exact) mass is 471 g/mol. The standard InChI is InChI=1S/C30H30ClNO2/c1-2-3-4-5-6-7-10-22-13-15-23(16-14-22)24-17-19-25(20-18-24)29-32-28(30(33)34-29)21-26-11-8-9-12-27(26)31/h8-9,11-21H,2-7,10H2,1H3. The van der Waals surface area contributed by atoms with Crippen LogP contribution in [0.25, 0.3) is 17.2 Å². The van der Waals surface area contributed by atoms with Crippen LogP contribution in [-0.4, -0.2) is 11.9 Å². The third kappa shape index (κ3) is 6.24. The first-order valence-electron chi connectivity index (χ1n) is 12.1. The summed E-state index contributed by atoms with van der Waals surface area (Å²) in [5.41, 5.74) is 5.42. The lowest BCUT2D eigenvalue weighted by molar-refractivity contribution is -0.129. The number of carbonyl (C=O) groups is 1. The molecule has 1 aliphatic rings. The molecule has 0 fully saturated rings. The summed E-state index contributed by atoms with van der Waals surface area (Å²) in [5, 5.41) is 0.564. The van der Waals surface area contributed by atoms with Gasteiger partial charge in [-0.1, -0.05) is 105 Å². The van der Waals surface area contributed by atoms with Gasteiger partial charge in [-0.15, -0.1) is 0 Å². The molecule has 0 bridgehead atoms. The number of rotatable bonds is 10. The number of benzene rings is 3. The van der Waals surface area contributed by atoms with Gasteiger partial charge in [-0.25, -0.2) is 9.79 Å². The minimum absolute atomic E-state index is 0.244. The first kappa shape index (κ1) is 24.0. The fourth-order valence-electron chi connectivity index (χ4n) is 4.05. The van der Waals surface area contributed by atoms with Crippen LogP contribution >= 0.6 is 11.6 Å². The van der Waals surface area contributed by atoms with Gasteiger partial charge in [0, 0.05) is 10.6 Å². The zero-order chi connectivity index (χ0) is 23.8. The van der Waals surface area contributed by atoms with Gasteiger partial charge in [-0.3, -0.25) is 0 Å². The van der Waals surface area contributed by atoms with Crippen LogP contribution in [0.1, 0.15) is 62.1 Å². The van der Waals surface area contributed by atoms with Gasteiger partial charge in [0.05, 0.1) is 0 Å². The number of nitrogens with zero attached hydrogens (tertiary/aromatic N) is 1. The van der Waals surface area contributed by atoms with Crippen LogP contribution in [0.5, 0.6) is 0 Å². The molecule has 174 valence electrons. The zero-order valence-corrected chi connectivity index (χ0v) is 20.4. The summed E-state index contributed by atoms with van der Waals surface area (Å²) in [5.74, 6) is -0.163. The van der Waals surface area contributed by atoms with Gasteiger partial charge in [0.15, 0.2) is 5.70 Å². The number of esters is 1. The van der Waals surface area contributed by atoms with Gasteiger partial charge in [-0.05, 0) is 59.4 Å². The van der Waals surface area contributed by atoms with Gasteiger partial charge in [0.2, 0.25) is 5.90 Å². The lowest BCUT2D eigenvalue weighted by atomic mass is 10.00. The third-order valence-electron chi connectivity index (χ3n) is 6.06. The van der Waals surface area contributed by atoms with Gasteiger partial charge >= 0.3 is 5.97 Å². The molecule has 1 aliphatic heterocycles. The van der Waals surface area contributed by atoms with Crippen molar-refractivity contribution in [1.82, 2.24) is 0 Å². The Hall–Kier alpha value is -3.17. The average Bonchev–Trinajstić information content (AvgIpc) is 3.23. The SMILES string of the molecule is CCCCCCCCc1ccc(-c2ccc(C3=NC(=Cc4ccccc4Cl)C(=O)O3)cc2)cc1. The topological polar surface area (TPSA) is 38.7 Å². The van der Waals surface area contributed by atoms with Crippen LogP contribution in [0, 0.1) is 0 Å². The van der Waals surface area contributed by atoms with Gasteiger partial charge in [0.25, 0.3) is 0 Å². The third-order valence-corrected chi connectivity index (χ3v) is 6.40. The van der Waals surface area contributed by atoms with Crippen LogP contribution < -0.4 is 0 Å². The van der Waals surface area contributed by atoms with Crippen LogP contribution in [0.4, 0.5) is 0 Å². The van der Waals surface area contributed by atoms with Crippen molar-refractivity contribution in [3.05, 3.63) is 100 Å². The molecule has 34 heavy (non-hydrogen) atoms. The van der Waals surface area contributed by atoms with Crippen molar-refractivity contribution in [2.75, 3.05) is 0 Å². The molecule has 3 aromatic carbocycles. The van der Waals surface area contributed by atoms with E-state index in [0.717, 1.165) is 23.1 Å². The Kier molecular flexibility index (Phi) is 8.32. The van der Waals surface area contributed by atoms with Crippen LogP contribution in [0.3, 0.4) is 0 Å². The number of aliphatic imine (C=N–C) groups is 1.